The topological polar surface area (TPSA) is 90.8 Å². The van der Waals surface area contributed by atoms with E-state index in [1.165, 1.54) is 0 Å². The molecule has 2 aromatic heterocycles. The third-order valence-electron chi connectivity index (χ3n) is 5.40. The first-order valence-corrected chi connectivity index (χ1v) is 11.0. The van der Waals surface area contributed by atoms with Crippen molar-refractivity contribution in [1.82, 2.24) is 20.3 Å². The van der Waals surface area contributed by atoms with Gasteiger partial charge in [-0.05, 0) is 50.5 Å². The molecule has 4 rings (SSSR count). The lowest BCUT2D eigenvalue weighted by Gasteiger charge is -2.35. The number of aromatic nitrogens is 2. The fourth-order valence-electron chi connectivity index (χ4n) is 3.77. The van der Waals surface area contributed by atoms with Crippen molar-refractivity contribution in [3.8, 4) is 23.1 Å². The molecule has 3 aromatic rings. The monoisotopic (exact) mass is 457 g/mol. The van der Waals surface area contributed by atoms with Crippen LogP contribution in [-0.4, -0.2) is 72.4 Å². The van der Waals surface area contributed by atoms with Gasteiger partial charge in [0, 0.05) is 54.3 Å². The van der Waals surface area contributed by atoms with Gasteiger partial charge in [0.1, 0.15) is 5.82 Å². The second-order valence-corrected chi connectivity index (χ2v) is 8.31. The van der Waals surface area contributed by atoms with Crippen LogP contribution in [0.15, 0.2) is 60.9 Å². The number of nitrogens with zero attached hydrogens (tertiary/aromatic N) is 4. The Balaban J connectivity index is 1.61. The Morgan fingerprint density at radius 2 is 2.00 bits per heavy atom. The first-order chi connectivity index (χ1) is 16.5. The van der Waals surface area contributed by atoms with E-state index in [0.29, 0.717) is 36.8 Å². The van der Waals surface area contributed by atoms with Gasteiger partial charge in [0.25, 0.3) is 5.91 Å². The summed E-state index contributed by atoms with van der Waals surface area (Å²) in [6.45, 7) is 2.71. The van der Waals surface area contributed by atoms with Crippen LogP contribution in [0.2, 0.25) is 0 Å². The largest absolute Gasteiger partial charge is 0.373 e. The number of carbonyl (C=O) groups is 1. The minimum absolute atomic E-state index is 0.0435. The standard InChI is InChI=1S/C26H27N5O3/c1-30(2)17-23-18-31(12-13-34-23)25-15-22(26(32)29-33)14-24(28-25)21-9-7-19(8-10-21)5-6-20-4-3-11-27-16-20/h3-4,7-11,14-16,23,33H,12-13,17-18H2,1-2H3,(H,29,32). The van der Waals surface area contributed by atoms with Crippen molar-refractivity contribution in [3.05, 3.63) is 77.6 Å². The van der Waals surface area contributed by atoms with Crippen LogP contribution in [0.5, 0.6) is 0 Å². The Hall–Kier alpha value is -3.77. The predicted molar refractivity (Wildman–Crippen MR) is 130 cm³/mol. The van der Waals surface area contributed by atoms with Crippen molar-refractivity contribution in [1.29, 1.82) is 0 Å². The van der Waals surface area contributed by atoms with E-state index < -0.39 is 5.91 Å². The highest BCUT2D eigenvalue weighted by Gasteiger charge is 2.23. The van der Waals surface area contributed by atoms with E-state index in [1.807, 2.05) is 50.5 Å². The second kappa shape index (κ2) is 10.9. The molecule has 1 unspecified atom stereocenters. The summed E-state index contributed by atoms with van der Waals surface area (Å²) in [7, 11) is 4.02. The van der Waals surface area contributed by atoms with Crippen LogP contribution in [0.1, 0.15) is 21.5 Å². The van der Waals surface area contributed by atoms with Gasteiger partial charge in [-0.15, -0.1) is 0 Å². The molecule has 0 bridgehead atoms. The summed E-state index contributed by atoms with van der Waals surface area (Å²) < 4.78 is 5.88. The van der Waals surface area contributed by atoms with E-state index in [-0.39, 0.29) is 6.10 Å². The van der Waals surface area contributed by atoms with Crippen molar-refractivity contribution in [2.75, 3.05) is 45.2 Å². The molecule has 8 heteroatoms. The van der Waals surface area contributed by atoms with Crippen LogP contribution in [0, 0.1) is 11.8 Å². The number of likely N-dealkylation sites (N-methyl/N-ethyl adjacent to an activating group) is 1. The molecule has 1 saturated heterocycles. The maximum Gasteiger partial charge on any atom is 0.274 e. The zero-order chi connectivity index (χ0) is 23.9. The fraction of sp³-hybridized carbons (Fsp3) is 0.269. The maximum atomic E-state index is 12.3. The summed E-state index contributed by atoms with van der Waals surface area (Å²) in [6, 6.07) is 14.8. The quantitative estimate of drug-likeness (QED) is 0.345. The van der Waals surface area contributed by atoms with Crippen molar-refractivity contribution in [2.45, 2.75) is 6.10 Å². The van der Waals surface area contributed by atoms with Gasteiger partial charge in [0.05, 0.1) is 18.4 Å². The Morgan fingerprint density at radius 1 is 1.21 bits per heavy atom. The summed E-state index contributed by atoms with van der Waals surface area (Å²) in [6.07, 6.45) is 3.48. The zero-order valence-corrected chi connectivity index (χ0v) is 19.2. The van der Waals surface area contributed by atoms with Crippen LogP contribution < -0.4 is 10.4 Å². The van der Waals surface area contributed by atoms with Gasteiger partial charge >= 0.3 is 0 Å². The second-order valence-electron chi connectivity index (χ2n) is 8.31. The number of carbonyl (C=O) groups excluding carboxylic acids is 1. The zero-order valence-electron chi connectivity index (χ0n) is 19.2. The van der Waals surface area contributed by atoms with Gasteiger partial charge in [-0.3, -0.25) is 15.0 Å². The number of hydrogen-bond acceptors (Lipinski definition) is 7. The molecule has 1 aliphatic rings. The van der Waals surface area contributed by atoms with Crippen LogP contribution in [-0.2, 0) is 4.74 Å². The van der Waals surface area contributed by atoms with E-state index in [1.54, 1.807) is 30.0 Å². The van der Waals surface area contributed by atoms with Gasteiger partial charge in [-0.2, -0.15) is 0 Å². The highest BCUT2D eigenvalue weighted by Crippen LogP contribution is 2.25. The van der Waals surface area contributed by atoms with Crippen LogP contribution >= 0.6 is 0 Å². The maximum absolute atomic E-state index is 12.3. The van der Waals surface area contributed by atoms with Crippen molar-refractivity contribution >= 4 is 11.7 Å². The molecule has 3 heterocycles. The number of morpholine rings is 1. The first kappa shape index (κ1) is 23.4. The summed E-state index contributed by atoms with van der Waals surface area (Å²) in [4.78, 5) is 25.4. The minimum atomic E-state index is -0.582. The minimum Gasteiger partial charge on any atom is -0.373 e. The van der Waals surface area contributed by atoms with Gasteiger partial charge in [0.15, 0.2) is 0 Å². The first-order valence-electron chi connectivity index (χ1n) is 11.0. The molecule has 0 saturated carbocycles. The number of rotatable bonds is 5. The highest BCUT2D eigenvalue weighted by molar-refractivity contribution is 5.95. The van der Waals surface area contributed by atoms with Crippen molar-refractivity contribution in [3.63, 3.8) is 0 Å². The number of ether oxygens (including phenoxy) is 1. The Morgan fingerprint density at radius 3 is 2.71 bits per heavy atom. The van der Waals surface area contributed by atoms with Gasteiger partial charge in [0.2, 0.25) is 0 Å². The fourth-order valence-corrected chi connectivity index (χ4v) is 3.77. The number of nitrogens with one attached hydrogen (secondary N) is 1. The summed E-state index contributed by atoms with van der Waals surface area (Å²) >= 11 is 0. The van der Waals surface area contributed by atoms with Gasteiger partial charge < -0.3 is 14.5 Å². The third kappa shape index (κ3) is 5.97. The summed E-state index contributed by atoms with van der Waals surface area (Å²) in [5.74, 6) is 6.31. The van der Waals surface area contributed by atoms with Crippen LogP contribution in [0.4, 0.5) is 5.82 Å². The molecule has 2 N–H and O–H groups in total. The number of hydroxylamine groups is 1. The molecule has 1 amide bonds. The lowest BCUT2D eigenvalue weighted by molar-refractivity contribution is 0.0245. The average Bonchev–Trinajstić information content (AvgIpc) is 2.87. The van der Waals surface area contributed by atoms with E-state index in [9.17, 15) is 10.0 Å². The Bertz CT molecular complexity index is 1190. The lowest BCUT2D eigenvalue weighted by atomic mass is 10.1. The number of anilines is 1. The SMILES string of the molecule is CN(C)CC1CN(c2cc(C(=O)NO)cc(-c3ccc(C#Cc4cccnc4)cc3)n2)CCO1. The molecule has 8 nitrogen and oxygen atoms in total. The Labute approximate surface area is 199 Å². The normalized spacial score (nSPS) is 15.5. The van der Waals surface area contributed by atoms with Crippen LogP contribution in [0.3, 0.4) is 0 Å². The molecule has 1 aliphatic heterocycles. The molecule has 0 radical (unpaired) electrons. The highest BCUT2D eigenvalue weighted by atomic mass is 16.5. The van der Waals surface area contributed by atoms with E-state index in [4.69, 9.17) is 9.72 Å². The Kier molecular flexibility index (Phi) is 7.50. The number of benzene rings is 1. The molecule has 1 atom stereocenters. The summed E-state index contributed by atoms with van der Waals surface area (Å²) in [5.41, 5.74) is 5.25. The van der Waals surface area contributed by atoms with E-state index >= 15 is 0 Å². The molecular weight excluding hydrogens is 430 g/mol. The van der Waals surface area contributed by atoms with E-state index in [0.717, 1.165) is 23.2 Å². The van der Waals surface area contributed by atoms with Gasteiger partial charge in [-0.1, -0.05) is 24.0 Å². The van der Waals surface area contributed by atoms with Gasteiger partial charge in [-0.25, -0.2) is 10.5 Å². The van der Waals surface area contributed by atoms with Crippen molar-refractivity contribution in [2.24, 2.45) is 0 Å². The van der Waals surface area contributed by atoms with Crippen LogP contribution in [0.25, 0.3) is 11.3 Å². The molecule has 0 aliphatic carbocycles. The summed E-state index contributed by atoms with van der Waals surface area (Å²) in [5, 5.41) is 9.20. The average molecular weight is 458 g/mol. The number of amides is 1. The molecule has 34 heavy (non-hydrogen) atoms. The predicted octanol–water partition coefficient (Wildman–Crippen LogP) is 2.43. The number of pyridine rings is 2. The number of hydrogen-bond donors (Lipinski definition) is 2. The molecule has 1 fully saturated rings. The molecule has 1 aromatic carbocycles. The third-order valence-corrected chi connectivity index (χ3v) is 5.40. The molecular formula is C26H27N5O3. The van der Waals surface area contributed by atoms with E-state index in [2.05, 4.69) is 26.6 Å². The molecule has 0 spiro atoms. The smallest absolute Gasteiger partial charge is 0.274 e. The van der Waals surface area contributed by atoms with Crippen molar-refractivity contribution < 1.29 is 14.7 Å². The molecule has 174 valence electrons. The lowest BCUT2D eigenvalue weighted by Crippen LogP contribution is -2.46.